The number of carbonyl (C=O) groups is 2. The van der Waals surface area contributed by atoms with Crippen LogP contribution in [0.3, 0.4) is 0 Å². The maximum Gasteiger partial charge on any atom is 0.339 e. The number of aryl methyl sites for hydroxylation is 1. The number of ether oxygens (including phenoxy) is 1. The summed E-state index contributed by atoms with van der Waals surface area (Å²) in [5, 5.41) is 3.07. The van der Waals surface area contributed by atoms with Crippen LogP contribution >= 0.6 is 0 Å². The number of fused-ring (bicyclic) bond motifs is 1. The molecule has 0 saturated heterocycles. The number of pyridine rings is 1. The van der Waals surface area contributed by atoms with Gasteiger partial charge in [-0.15, -0.1) is 6.42 Å². The Bertz CT molecular complexity index is 1010. The molecular weight excluding hydrogens is 332 g/mol. The van der Waals surface area contributed by atoms with Gasteiger partial charge in [0.05, 0.1) is 17.6 Å². The van der Waals surface area contributed by atoms with Crippen LogP contribution in [0.15, 0.2) is 46.9 Å². The number of furan rings is 1. The molecule has 2 aromatic heterocycles. The molecule has 0 fully saturated rings. The van der Waals surface area contributed by atoms with E-state index in [1.807, 2.05) is 19.1 Å². The Morgan fingerprint density at radius 3 is 2.81 bits per heavy atom. The first-order valence-corrected chi connectivity index (χ1v) is 7.92. The second-order valence-electron chi connectivity index (χ2n) is 5.54. The topological polar surface area (TPSA) is 81.4 Å². The SMILES string of the molecule is C#CCNC(=O)COC(=O)c1cc(-c2ccc(C)o2)nc2ccccc12. The van der Waals surface area contributed by atoms with Crippen LogP contribution in [-0.2, 0) is 9.53 Å². The molecule has 2 heterocycles. The largest absolute Gasteiger partial charge is 0.460 e. The normalized spacial score (nSPS) is 10.3. The Kier molecular flexibility index (Phi) is 4.99. The quantitative estimate of drug-likeness (QED) is 0.566. The smallest absolute Gasteiger partial charge is 0.339 e. The maximum absolute atomic E-state index is 12.5. The highest BCUT2D eigenvalue weighted by Crippen LogP contribution is 2.26. The number of aromatic nitrogens is 1. The average molecular weight is 348 g/mol. The fourth-order valence-corrected chi connectivity index (χ4v) is 2.45. The number of hydrogen-bond acceptors (Lipinski definition) is 5. The van der Waals surface area contributed by atoms with E-state index in [0.717, 1.165) is 5.76 Å². The van der Waals surface area contributed by atoms with Gasteiger partial charge >= 0.3 is 5.97 Å². The van der Waals surface area contributed by atoms with E-state index in [1.165, 1.54) is 0 Å². The van der Waals surface area contributed by atoms with Crippen LogP contribution in [-0.4, -0.2) is 30.0 Å². The molecule has 0 bridgehead atoms. The number of esters is 1. The lowest BCUT2D eigenvalue weighted by molar-refractivity contribution is -0.123. The summed E-state index contributed by atoms with van der Waals surface area (Å²) >= 11 is 0. The standard InChI is InChI=1S/C20H16N2O4/c1-3-10-21-19(23)12-25-20(24)15-11-17(18-9-8-13(2)26-18)22-16-7-5-4-6-14(15)16/h1,4-9,11H,10,12H2,2H3,(H,21,23). The molecule has 1 aromatic carbocycles. The maximum atomic E-state index is 12.5. The summed E-state index contributed by atoms with van der Waals surface area (Å²) in [6.07, 6.45) is 5.07. The Morgan fingerprint density at radius 2 is 2.08 bits per heavy atom. The molecular formula is C20H16N2O4. The molecule has 0 atom stereocenters. The van der Waals surface area contributed by atoms with Gasteiger partial charge in [0.25, 0.3) is 5.91 Å². The van der Waals surface area contributed by atoms with E-state index in [2.05, 4.69) is 16.2 Å². The van der Waals surface area contributed by atoms with Gasteiger partial charge in [-0.25, -0.2) is 9.78 Å². The van der Waals surface area contributed by atoms with E-state index in [-0.39, 0.29) is 6.54 Å². The summed E-state index contributed by atoms with van der Waals surface area (Å²) < 4.78 is 10.7. The van der Waals surface area contributed by atoms with Crippen LogP contribution in [0.2, 0.25) is 0 Å². The monoisotopic (exact) mass is 348 g/mol. The number of amides is 1. The predicted molar refractivity (Wildman–Crippen MR) is 96.3 cm³/mol. The summed E-state index contributed by atoms with van der Waals surface area (Å²) in [4.78, 5) is 28.6. The minimum atomic E-state index is -0.621. The molecule has 1 N–H and O–H groups in total. The van der Waals surface area contributed by atoms with Crippen molar-refractivity contribution in [1.29, 1.82) is 0 Å². The second kappa shape index (κ2) is 7.53. The molecule has 0 aliphatic heterocycles. The van der Waals surface area contributed by atoms with Crippen LogP contribution in [0.4, 0.5) is 0 Å². The number of benzene rings is 1. The Morgan fingerprint density at radius 1 is 1.27 bits per heavy atom. The minimum absolute atomic E-state index is 0.0799. The molecule has 6 nitrogen and oxygen atoms in total. The van der Waals surface area contributed by atoms with Gasteiger partial charge in [-0.3, -0.25) is 4.79 Å². The zero-order valence-electron chi connectivity index (χ0n) is 14.1. The Balaban J connectivity index is 1.92. The van der Waals surface area contributed by atoms with E-state index >= 15 is 0 Å². The molecule has 0 spiro atoms. The van der Waals surface area contributed by atoms with Crippen molar-refractivity contribution >= 4 is 22.8 Å². The molecule has 0 aliphatic rings. The van der Waals surface area contributed by atoms with Crippen molar-refractivity contribution in [2.75, 3.05) is 13.2 Å². The number of rotatable bonds is 5. The van der Waals surface area contributed by atoms with Gasteiger partial charge in [-0.1, -0.05) is 24.1 Å². The van der Waals surface area contributed by atoms with E-state index in [9.17, 15) is 9.59 Å². The van der Waals surface area contributed by atoms with E-state index < -0.39 is 18.5 Å². The molecule has 3 rings (SSSR count). The summed E-state index contributed by atoms with van der Waals surface area (Å²) in [5.74, 6) is 2.49. The third-order valence-corrected chi connectivity index (χ3v) is 3.65. The highest BCUT2D eigenvalue weighted by Gasteiger charge is 2.17. The summed E-state index contributed by atoms with van der Waals surface area (Å²) in [7, 11) is 0. The van der Waals surface area contributed by atoms with Crippen LogP contribution in [0.25, 0.3) is 22.4 Å². The highest BCUT2D eigenvalue weighted by molar-refractivity contribution is 6.05. The van der Waals surface area contributed by atoms with Crippen LogP contribution in [0.5, 0.6) is 0 Å². The first kappa shape index (κ1) is 17.2. The van der Waals surface area contributed by atoms with Crippen molar-refractivity contribution in [3.05, 3.63) is 53.8 Å². The summed E-state index contributed by atoms with van der Waals surface area (Å²) in [6, 6.07) is 12.4. The number of hydrogen-bond donors (Lipinski definition) is 1. The molecule has 26 heavy (non-hydrogen) atoms. The van der Waals surface area contributed by atoms with E-state index in [4.69, 9.17) is 15.6 Å². The fourth-order valence-electron chi connectivity index (χ4n) is 2.45. The van der Waals surface area contributed by atoms with Crippen LogP contribution in [0.1, 0.15) is 16.1 Å². The van der Waals surface area contributed by atoms with Crippen molar-refractivity contribution < 1.29 is 18.7 Å². The van der Waals surface area contributed by atoms with Gasteiger partial charge in [-0.05, 0) is 31.2 Å². The van der Waals surface area contributed by atoms with Crippen molar-refractivity contribution in [2.24, 2.45) is 0 Å². The zero-order chi connectivity index (χ0) is 18.5. The van der Waals surface area contributed by atoms with Gasteiger partial charge in [0, 0.05) is 5.39 Å². The molecule has 130 valence electrons. The summed E-state index contributed by atoms with van der Waals surface area (Å²) in [5.41, 5.74) is 1.45. The summed E-state index contributed by atoms with van der Waals surface area (Å²) in [6.45, 7) is 1.50. The van der Waals surface area contributed by atoms with Crippen molar-refractivity contribution in [1.82, 2.24) is 10.3 Å². The fraction of sp³-hybridized carbons (Fsp3) is 0.150. The molecule has 0 saturated carbocycles. The molecule has 0 aliphatic carbocycles. The lowest BCUT2D eigenvalue weighted by Gasteiger charge is -2.09. The third kappa shape index (κ3) is 3.73. The number of terminal acetylenes is 1. The van der Waals surface area contributed by atoms with Gasteiger partial charge in [-0.2, -0.15) is 0 Å². The lowest BCUT2D eigenvalue weighted by atomic mass is 10.1. The first-order valence-electron chi connectivity index (χ1n) is 7.92. The molecule has 1 amide bonds. The van der Waals surface area contributed by atoms with Crippen LogP contribution < -0.4 is 5.32 Å². The van der Waals surface area contributed by atoms with Crippen molar-refractivity contribution in [2.45, 2.75) is 6.92 Å². The average Bonchev–Trinajstić information content (AvgIpc) is 3.09. The van der Waals surface area contributed by atoms with Crippen molar-refractivity contribution in [3.63, 3.8) is 0 Å². The molecule has 3 aromatic rings. The van der Waals surface area contributed by atoms with Gasteiger partial charge in [0.1, 0.15) is 11.5 Å². The van der Waals surface area contributed by atoms with E-state index in [1.54, 1.807) is 30.3 Å². The molecule has 6 heteroatoms. The Labute approximate surface area is 150 Å². The minimum Gasteiger partial charge on any atom is -0.460 e. The Hall–Kier alpha value is -3.59. The van der Waals surface area contributed by atoms with Gasteiger partial charge in [0.2, 0.25) is 0 Å². The number of nitrogens with one attached hydrogen (secondary N) is 1. The zero-order valence-corrected chi connectivity index (χ0v) is 14.1. The third-order valence-electron chi connectivity index (χ3n) is 3.65. The van der Waals surface area contributed by atoms with Crippen LogP contribution in [0, 0.1) is 19.3 Å². The highest BCUT2D eigenvalue weighted by atomic mass is 16.5. The second-order valence-corrected chi connectivity index (χ2v) is 5.54. The first-order chi connectivity index (χ1) is 12.6. The molecule has 0 unspecified atom stereocenters. The van der Waals surface area contributed by atoms with Crippen molar-refractivity contribution in [3.8, 4) is 23.8 Å². The predicted octanol–water partition coefficient (Wildman–Crippen LogP) is 2.71. The number of para-hydroxylation sites is 1. The number of carbonyl (C=O) groups excluding carboxylic acids is 2. The van der Waals surface area contributed by atoms with E-state index in [0.29, 0.717) is 27.9 Å². The number of nitrogens with zero attached hydrogens (tertiary/aromatic N) is 1. The lowest BCUT2D eigenvalue weighted by Crippen LogP contribution is -2.29. The molecule has 0 radical (unpaired) electrons. The van der Waals surface area contributed by atoms with Gasteiger partial charge < -0.3 is 14.5 Å². The van der Waals surface area contributed by atoms with Gasteiger partial charge in [0.15, 0.2) is 12.4 Å².